The molecular formula is C16H26N2. The van der Waals surface area contributed by atoms with E-state index in [1.807, 2.05) is 0 Å². The molecule has 1 aromatic carbocycles. The van der Waals surface area contributed by atoms with E-state index in [0.29, 0.717) is 6.04 Å². The molecule has 1 aliphatic heterocycles. The van der Waals surface area contributed by atoms with Crippen LogP contribution in [0, 0.1) is 13.8 Å². The van der Waals surface area contributed by atoms with Gasteiger partial charge in [0.25, 0.3) is 0 Å². The highest BCUT2D eigenvalue weighted by Gasteiger charge is 2.33. The molecule has 0 spiro atoms. The van der Waals surface area contributed by atoms with Crippen molar-refractivity contribution in [2.45, 2.75) is 52.6 Å². The topological polar surface area (TPSA) is 15.3 Å². The Kier molecular flexibility index (Phi) is 3.67. The summed E-state index contributed by atoms with van der Waals surface area (Å²) in [5.41, 5.74) is 4.41. The third kappa shape index (κ3) is 2.39. The maximum atomic E-state index is 3.54. The van der Waals surface area contributed by atoms with E-state index in [1.54, 1.807) is 0 Å². The minimum absolute atomic E-state index is 0.210. The predicted molar refractivity (Wildman–Crippen MR) is 79.4 cm³/mol. The van der Waals surface area contributed by atoms with Crippen LogP contribution >= 0.6 is 0 Å². The van der Waals surface area contributed by atoms with Crippen molar-refractivity contribution in [3.05, 3.63) is 29.3 Å². The van der Waals surface area contributed by atoms with Gasteiger partial charge in [0, 0.05) is 23.8 Å². The molecule has 0 aliphatic carbocycles. The van der Waals surface area contributed by atoms with E-state index < -0.39 is 0 Å². The van der Waals surface area contributed by atoms with Gasteiger partial charge in [-0.2, -0.15) is 0 Å². The fraction of sp³-hybridized carbons (Fsp3) is 0.625. The molecule has 1 saturated heterocycles. The predicted octanol–water partition coefficient (Wildman–Crippen LogP) is 3.27. The second kappa shape index (κ2) is 4.93. The highest BCUT2D eigenvalue weighted by atomic mass is 15.2. The quantitative estimate of drug-likeness (QED) is 0.818. The van der Waals surface area contributed by atoms with Gasteiger partial charge in [0.05, 0.1) is 0 Å². The Bertz CT molecular complexity index is 423. The van der Waals surface area contributed by atoms with Crippen molar-refractivity contribution in [2.24, 2.45) is 0 Å². The minimum atomic E-state index is 0.210. The van der Waals surface area contributed by atoms with E-state index in [0.717, 1.165) is 13.1 Å². The van der Waals surface area contributed by atoms with Crippen molar-refractivity contribution >= 4 is 5.69 Å². The number of hydrogen-bond donors (Lipinski definition) is 1. The number of benzene rings is 1. The van der Waals surface area contributed by atoms with Crippen molar-refractivity contribution in [1.29, 1.82) is 0 Å². The molecule has 18 heavy (non-hydrogen) atoms. The molecule has 1 aliphatic rings. The van der Waals surface area contributed by atoms with E-state index >= 15 is 0 Å². The zero-order valence-electron chi connectivity index (χ0n) is 12.4. The van der Waals surface area contributed by atoms with Gasteiger partial charge in [0.15, 0.2) is 0 Å². The second-order valence-electron chi connectivity index (χ2n) is 6.20. The first-order valence-corrected chi connectivity index (χ1v) is 7.00. The average molecular weight is 246 g/mol. The summed E-state index contributed by atoms with van der Waals surface area (Å²) in [6.07, 6.45) is 1.19. The fourth-order valence-corrected chi connectivity index (χ4v) is 3.07. The molecule has 100 valence electrons. The smallest absolute Gasteiger partial charge is 0.0405 e. The van der Waals surface area contributed by atoms with Crippen LogP contribution in [-0.4, -0.2) is 24.7 Å². The Morgan fingerprint density at radius 3 is 2.72 bits per heavy atom. The Hall–Kier alpha value is -1.02. The Balaban J connectivity index is 2.47. The van der Waals surface area contributed by atoms with Crippen molar-refractivity contribution in [3.8, 4) is 0 Å². The van der Waals surface area contributed by atoms with E-state index in [1.165, 1.54) is 23.2 Å². The number of aryl methyl sites for hydroxylation is 1. The van der Waals surface area contributed by atoms with Gasteiger partial charge in [0.1, 0.15) is 0 Å². The zero-order valence-corrected chi connectivity index (χ0v) is 12.4. The number of nitrogens with zero attached hydrogens (tertiary/aromatic N) is 1. The van der Waals surface area contributed by atoms with Crippen LogP contribution < -0.4 is 10.2 Å². The summed E-state index contributed by atoms with van der Waals surface area (Å²) in [7, 11) is 0. The summed E-state index contributed by atoms with van der Waals surface area (Å²) in [5.74, 6) is 0. The van der Waals surface area contributed by atoms with Crippen molar-refractivity contribution in [1.82, 2.24) is 5.32 Å². The van der Waals surface area contributed by atoms with Crippen LogP contribution in [0.5, 0.6) is 0 Å². The molecule has 0 radical (unpaired) electrons. The summed E-state index contributed by atoms with van der Waals surface area (Å²) < 4.78 is 0. The van der Waals surface area contributed by atoms with Crippen LogP contribution in [0.25, 0.3) is 0 Å². The molecule has 1 atom stereocenters. The molecule has 1 N–H and O–H groups in total. The second-order valence-corrected chi connectivity index (χ2v) is 6.20. The molecule has 2 heteroatoms. The first-order valence-electron chi connectivity index (χ1n) is 7.00. The van der Waals surface area contributed by atoms with Gasteiger partial charge < -0.3 is 10.2 Å². The Morgan fingerprint density at radius 2 is 2.00 bits per heavy atom. The summed E-state index contributed by atoms with van der Waals surface area (Å²) in [6.45, 7) is 13.7. The maximum absolute atomic E-state index is 3.54. The van der Waals surface area contributed by atoms with Gasteiger partial charge in [-0.3, -0.25) is 0 Å². The lowest BCUT2D eigenvalue weighted by Gasteiger charge is -2.43. The number of nitrogens with one attached hydrogen (secondary N) is 1. The van der Waals surface area contributed by atoms with Crippen LogP contribution in [0.4, 0.5) is 5.69 Å². The van der Waals surface area contributed by atoms with Gasteiger partial charge in [0.2, 0.25) is 0 Å². The van der Waals surface area contributed by atoms with E-state index in [4.69, 9.17) is 0 Å². The summed E-state index contributed by atoms with van der Waals surface area (Å²) >= 11 is 0. The van der Waals surface area contributed by atoms with Gasteiger partial charge in [-0.25, -0.2) is 0 Å². The summed E-state index contributed by atoms with van der Waals surface area (Å²) in [5, 5.41) is 3.54. The fourth-order valence-electron chi connectivity index (χ4n) is 3.07. The lowest BCUT2D eigenvalue weighted by atomic mass is 9.94. The van der Waals surface area contributed by atoms with E-state index in [2.05, 4.69) is 63.0 Å². The highest BCUT2D eigenvalue weighted by Crippen LogP contribution is 2.33. The van der Waals surface area contributed by atoms with Crippen molar-refractivity contribution in [3.63, 3.8) is 0 Å². The van der Waals surface area contributed by atoms with Crippen LogP contribution in [0.2, 0.25) is 0 Å². The number of rotatable bonds is 1. The maximum Gasteiger partial charge on any atom is 0.0405 e. The van der Waals surface area contributed by atoms with Crippen LogP contribution in [0.3, 0.4) is 0 Å². The first kappa shape index (κ1) is 13.4. The monoisotopic (exact) mass is 246 g/mol. The molecule has 0 amide bonds. The van der Waals surface area contributed by atoms with Gasteiger partial charge in [-0.15, -0.1) is 0 Å². The number of anilines is 1. The normalized spacial score (nSPS) is 23.8. The summed E-state index contributed by atoms with van der Waals surface area (Å²) in [6, 6.07) is 7.18. The molecule has 1 heterocycles. The third-order valence-corrected chi connectivity index (χ3v) is 4.28. The van der Waals surface area contributed by atoms with Crippen LogP contribution in [0.1, 0.15) is 38.3 Å². The SMILES string of the molecule is Cc1cccc(N2C(C)CNCCC2(C)C)c1C. The average Bonchev–Trinajstić information content (AvgIpc) is 2.42. The molecular weight excluding hydrogens is 220 g/mol. The van der Waals surface area contributed by atoms with Crippen molar-refractivity contribution in [2.75, 3.05) is 18.0 Å². The van der Waals surface area contributed by atoms with Gasteiger partial charge in [-0.1, -0.05) is 12.1 Å². The zero-order chi connectivity index (χ0) is 13.3. The molecule has 0 aromatic heterocycles. The Labute approximate surface area is 111 Å². The highest BCUT2D eigenvalue weighted by molar-refractivity contribution is 5.58. The molecule has 2 rings (SSSR count). The molecule has 2 nitrogen and oxygen atoms in total. The van der Waals surface area contributed by atoms with Crippen molar-refractivity contribution < 1.29 is 0 Å². The first-order chi connectivity index (χ1) is 8.43. The largest absolute Gasteiger partial charge is 0.362 e. The minimum Gasteiger partial charge on any atom is -0.362 e. The van der Waals surface area contributed by atoms with Crippen LogP contribution in [0.15, 0.2) is 18.2 Å². The molecule has 0 saturated carbocycles. The lowest BCUT2D eigenvalue weighted by Crippen LogP contribution is -2.50. The third-order valence-electron chi connectivity index (χ3n) is 4.28. The van der Waals surface area contributed by atoms with E-state index in [-0.39, 0.29) is 5.54 Å². The Morgan fingerprint density at radius 1 is 1.28 bits per heavy atom. The number of hydrogen-bond acceptors (Lipinski definition) is 2. The van der Waals surface area contributed by atoms with Gasteiger partial charge in [-0.05, 0) is 64.8 Å². The molecule has 0 bridgehead atoms. The standard InChI is InChI=1S/C16H26N2/c1-12-7-6-8-15(14(12)3)18-13(2)11-17-10-9-16(18,4)5/h6-8,13,17H,9-11H2,1-5H3. The molecule has 1 aromatic rings. The molecule has 1 unspecified atom stereocenters. The van der Waals surface area contributed by atoms with Crippen LogP contribution in [-0.2, 0) is 0 Å². The lowest BCUT2D eigenvalue weighted by molar-refractivity contribution is 0.425. The summed E-state index contributed by atoms with van der Waals surface area (Å²) in [4.78, 5) is 2.61. The van der Waals surface area contributed by atoms with E-state index in [9.17, 15) is 0 Å². The molecule has 1 fully saturated rings. The van der Waals surface area contributed by atoms with Gasteiger partial charge >= 0.3 is 0 Å².